The van der Waals surface area contributed by atoms with E-state index in [2.05, 4.69) is 25.6 Å². The number of nitrogens with zero attached hydrogens (tertiary/aromatic N) is 5. The average Bonchev–Trinajstić information content (AvgIpc) is 3.35. The molecule has 1 amide bonds. The predicted molar refractivity (Wildman–Crippen MR) is 121 cm³/mol. The molecule has 1 saturated heterocycles. The van der Waals surface area contributed by atoms with Gasteiger partial charge in [0.05, 0.1) is 11.8 Å². The van der Waals surface area contributed by atoms with Crippen molar-refractivity contribution in [2.45, 2.75) is 50.1 Å². The highest BCUT2D eigenvalue weighted by Crippen LogP contribution is 2.28. The Bertz CT molecular complexity index is 1030. The van der Waals surface area contributed by atoms with Crippen molar-refractivity contribution in [3.8, 4) is 5.69 Å². The molecule has 31 heavy (non-hydrogen) atoms. The monoisotopic (exact) mass is 460 g/mol. The first-order chi connectivity index (χ1) is 15.0. The van der Waals surface area contributed by atoms with Crippen LogP contribution < -0.4 is 5.32 Å². The molecular weight excluding hydrogens is 436 g/mol. The number of carbonyl (C=O) groups excluding carboxylic acids is 1. The lowest BCUT2D eigenvalue weighted by molar-refractivity contribution is -0.115. The first-order valence-electron chi connectivity index (χ1n) is 10.3. The Balaban J connectivity index is 1.55. The zero-order valence-electron chi connectivity index (χ0n) is 17.5. The van der Waals surface area contributed by atoms with E-state index in [9.17, 15) is 4.79 Å². The zero-order chi connectivity index (χ0) is 21.8. The van der Waals surface area contributed by atoms with Gasteiger partial charge in [0, 0.05) is 16.8 Å². The summed E-state index contributed by atoms with van der Waals surface area (Å²) in [6.07, 6.45) is 3.68. The van der Waals surface area contributed by atoms with Gasteiger partial charge in [0.25, 0.3) is 0 Å². The molecule has 1 aliphatic rings. The molecule has 0 spiro atoms. The topological polar surface area (TPSA) is 89.1 Å². The number of carbonyl (C=O) groups is 1. The van der Waals surface area contributed by atoms with Crippen LogP contribution in [0.3, 0.4) is 0 Å². The second-order valence-electron chi connectivity index (χ2n) is 7.62. The summed E-state index contributed by atoms with van der Waals surface area (Å²) in [4.78, 5) is 15.0. The minimum atomic E-state index is -0.407. The van der Waals surface area contributed by atoms with Crippen LogP contribution in [-0.2, 0) is 11.3 Å². The molecule has 3 aromatic rings. The van der Waals surface area contributed by atoms with Crippen LogP contribution in [0, 0.1) is 6.92 Å². The molecule has 0 saturated carbocycles. The van der Waals surface area contributed by atoms with Gasteiger partial charge in [-0.1, -0.05) is 34.9 Å². The third-order valence-electron chi connectivity index (χ3n) is 5.13. The van der Waals surface area contributed by atoms with Crippen LogP contribution in [0.15, 0.2) is 40.0 Å². The molecule has 0 unspecified atom stereocenters. The lowest BCUT2D eigenvalue weighted by atomic mass is 10.1. The van der Waals surface area contributed by atoms with Crippen molar-refractivity contribution in [1.29, 1.82) is 0 Å². The smallest absolute Gasteiger partial charge is 0.238 e. The van der Waals surface area contributed by atoms with E-state index in [0.717, 1.165) is 31.1 Å². The van der Waals surface area contributed by atoms with Gasteiger partial charge in [-0.25, -0.2) is 0 Å². The van der Waals surface area contributed by atoms with Crippen LogP contribution in [0.4, 0.5) is 5.82 Å². The molecule has 4 rings (SSSR count). The number of hydrogen-bond donors (Lipinski definition) is 1. The number of aromatic nitrogens is 4. The van der Waals surface area contributed by atoms with E-state index >= 15 is 0 Å². The number of amides is 1. The van der Waals surface area contributed by atoms with Gasteiger partial charge < -0.3 is 9.84 Å². The van der Waals surface area contributed by atoms with Crippen LogP contribution in [0.5, 0.6) is 0 Å². The summed E-state index contributed by atoms with van der Waals surface area (Å²) in [7, 11) is 0. The van der Waals surface area contributed by atoms with Crippen molar-refractivity contribution in [3.63, 3.8) is 0 Å². The van der Waals surface area contributed by atoms with Crippen molar-refractivity contribution in [2.75, 3.05) is 18.4 Å². The van der Waals surface area contributed by atoms with Gasteiger partial charge in [0.2, 0.25) is 5.91 Å². The maximum atomic E-state index is 12.6. The molecule has 1 aliphatic heterocycles. The van der Waals surface area contributed by atoms with E-state index in [4.69, 9.17) is 16.1 Å². The first-order valence-corrected chi connectivity index (χ1v) is 11.6. The number of piperidine rings is 1. The van der Waals surface area contributed by atoms with Gasteiger partial charge in [0.15, 0.2) is 16.8 Å². The fraction of sp³-hybridized carbons (Fsp3) is 0.429. The summed E-state index contributed by atoms with van der Waals surface area (Å²) < 4.78 is 7.03. The van der Waals surface area contributed by atoms with Crippen LogP contribution >= 0.6 is 23.4 Å². The Morgan fingerprint density at radius 1 is 1.23 bits per heavy atom. The standard InChI is InChI=1S/C21H25ClN6O2S/c1-14-12-18(26-30-14)23-20(29)15(2)31-21-25-24-19(13-27-10-4-3-5-11-27)28(21)17-8-6-16(22)7-9-17/h6-9,12,15H,3-5,10-11,13H2,1-2H3,(H,23,26,29)/t15-/m1/s1. The number of rotatable bonds is 7. The van der Waals surface area contributed by atoms with E-state index in [1.54, 1.807) is 13.0 Å². The van der Waals surface area contributed by atoms with Crippen LogP contribution in [-0.4, -0.2) is 49.1 Å². The van der Waals surface area contributed by atoms with Gasteiger partial charge in [-0.2, -0.15) is 0 Å². The van der Waals surface area contributed by atoms with Gasteiger partial charge in [-0.05, 0) is 64.0 Å². The van der Waals surface area contributed by atoms with E-state index in [1.807, 2.05) is 35.8 Å². The van der Waals surface area contributed by atoms with E-state index in [1.165, 1.54) is 31.0 Å². The third-order valence-corrected chi connectivity index (χ3v) is 6.42. The Labute approximate surface area is 190 Å². The summed E-state index contributed by atoms with van der Waals surface area (Å²) in [5.74, 6) is 1.72. The van der Waals surface area contributed by atoms with E-state index in [-0.39, 0.29) is 5.91 Å². The van der Waals surface area contributed by atoms with Crippen LogP contribution in [0.2, 0.25) is 5.02 Å². The Morgan fingerprint density at radius 3 is 2.65 bits per heavy atom. The van der Waals surface area contributed by atoms with Gasteiger partial charge in [0.1, 0.15) is 5.76 Å². The summed E-state index contributed by atoms with van der Waals surface area (Å²) in [6, 6.07) is 9.26. The quantitative estimate of drug-likeness (QED) is 0.525. The predicted octanol–water partition coefficient (Wildman–Crippen LogP) is 4.32. The molecule has 0 radical (unpaired) electrons. The maximum Gasteiger partial charge on any atom is 0.238 e. The second-order valence-corrected chi connectivity index (χ2v) is 9.36. The van der Waals surface area contributed by atoms with Crippen molar-refractivity contribution in [3.05, 3.63) is 46.9 Å². The van der Waals surface area contributed by atoms with Crippen molar-refractivity contribution < 1.29 is 9.32 Å². The van der Waals surface area contributed by atoms with Gasteiger partial charge in [-0.3, -0.25) is 14.3 Å². The molecule has 164 valence electrons. The van der Waals surface area contributed by atoms with E-state index in [0.29, 0.717) is 21.8 Å². The highest BCUT2D eigenvalue weighted by molar-refractivity contribution is 8.00. The number of likely N-dealkylation sites (tertiary alicyclic amines) is 1. The third kappa shape index (κ3) is 5.47. The molecular formula is C21H25ClN6O2S. The number of thioether (sulfide) groups is 1. The summed E-state index contributed by atoms with van der Waals surface area (Å²) in [5, 5.41) is 16.4. The normalized spacial score (nSPS) is 15.7. The lowest BCUT2D eigenvalue weighted by Crippen LogP contribution is -2.30. The number of nitrogens with one attached hydrogen (secondary N) is 1. The summed E-state index contributed by atoms with van der Waals surface area (Å²) in [6.45, 7) is 6.45. The number of halogens is 1. The maximum absolute atomic E-state index is 12.6. The Kier molecular flexibility index (Phi) is 6.94. The van der Waals surface area contributed by atoms with Crippen LogP contribution in [0.1, 0.15) is 37.8 Å². The highest BCUT2D eigenvalue weighted by atomic mass is 35.5. The molecule has 0 aliphatic carbocycles. The molecule has 3 heterocycles. The second kappa shape index (κ2) is 9.84. The van der Waals surface area contributed by atoms with Crippen molar-refractivity contribution in [1.82, 2.24) is 24.8 Å². The molecule has 10 heteroatoms. The van der Waals surface area contributed by atoms with E-state index < -0.39 is 5.25 Å². The minimum Gasteiger partial charge on any atom is -0.360 e. The molecule has 0 bridgehead atoms. The molecule has 1 atom stereocenters. The first kappa shape index (κ1) is 21.9. The molecule has 8 nitrogen and oxygen atoms in total. The molecule has 1 fully saturated rings. The van der Waals surface area contributed by atoms with Crippen molar-refractivity contribution >= 4 is 35.1 Å². The molecule has 2 aromatic heterocycles. The summed E-state index contributed by atoms with van der Waals surface area (Å²) >= 11 is 7.45. The highest BCUT2D eigenvalue weighted by Gasteiger charge is 2.23. The van der Waals surface area contributed by atoms with Gasteiger partial charge >= 0.3 is 0 Å². The zero-order valence-corrected chi connectivity index (χ0v) is 19.1. The summed E-state index contributed by atoms with van der Waals surface area (Å²) in [5.41, 5.74) is 0.920. The largest absolute Gasteiger partial charge is 0.360 e. The van der Waals surface area contributed by atoms with Crippen molar-refractivity contribution in [2.24, 2.45) is 0 Å². The van der Waals surface area contributed by atoms with Crippen LogP contribution in [0.25, 0.3) is 5.69 Å². The van der Waals surface area contributed by atoms with Gasteiger partial charge in [-0.15, -0.1) is 10.2 Å². The fourth-order valence-corrected chi connectivity index (χ4v) is 4.52. The number of anilines is 1. The number of aryl methyl sites for hydroxylation is 1. The molecule has 1 N–H and O–H groups in total. The fourth-order valence-electron chi connectivity index (χ4n) is 3.51. The lowest BCUT2D eigenvalue weighted by Gasteiger charge is -2.26. The SMILES string of the molecule is Cc1cc(NC(=O)[C@@H](C)Sc2nnc(CN3CCCCC3)n2-c2ccc(Cl)cc2)no1. The minimum absolute atomic E-state index is 0.179. The Morgan fingerprint density at radius 2 is 1.97 bits per heavy atom. The number of hydrogen-bond acceptors (Lipinski definition) is 7. The Hall–Kier alpha value is -2.36. The average molecular weight is 461 g/mol. The molecule has 1 aromatic carbocycles. The number of benzene rings is 1.